The minimum atomic E-state index is -0.306. The Morgan fingerprint density at radius 3 is 3.00 bits per heavy atom. The summed E-state index contributed by atoms with van der Waals surface area (Å²) in [7, 11) is 0. The van der Waals surface area contributed by atoms with E-state index in [2.05, 4.69) is 18.3 Å². The van der Waals surface area contributed by atoms with Crippen molar-refractivity contribution in [2.45, 2.75) is 20.3 Å². The number of rotatable bonds is 5. The first-order chi connectivity index (χ1) is 8.72. The minimum absolute atomic E-state index is 0.306. The third kappa shape index (κ3) is 2.79. The lowest BCUT2D eigenvalue weighted by atomic mass is 10.1. The molecule has 2 nitrogen and oxygen atoms in total. The number of allylic oxidation sites excluding steroid dienone is 1. The number of hydrogen-bond acceptors (Lipinski definition) is 2. The zero-order chi connectivity index (χ0) is 13.0. The highest BCUT2D eigenvalue weighted by Gasteiger charge is 2.08. The monoisotopic (exact) mass is 247 g/mol. The summed E-state index contributed by atoms with van der Waals surface area (Å²) in [6.07, 6.45) is 3.05. The Morgan fingerprint density at radius 2 is 2.28 bits per heavy atom. The van der Waals surface area contributed by atoms with Crippen molar-refractivity contribution in [3.8, 4) is 0 Å². The van der Waals surface area contributed by atoms with E-state index in [1.807, 2.05) is 19.1 Å². The van der Waals surface area contributed by atoms with Gasteiger partial charge >= 0.3 is 0 Å². The van der Waals surface area contributed by atoms with E-state index in [0.29, 0.717) is 5.58 Å². The molecule has 0 amide bonds. The number of hydrogen-bond donors (Lipinski definition) is 1. The molecule has 0 radical (unpaired) electrons. The van der Waals surface area contributed by atoms with Gasteiger partial charge in [0.2, 0.25) is 0 Å². The topological polar surface area (TPSA) is 25.2 Å². The fourth-order valence-corrected chi connectivity index (χ4v) is 1.89. The first kappa shape index (κ1) is 12.8. The van der Waals surface area contributed by atoms with E-state index < -0.39 is 0 Å². The van der Waals surface area contributed by atoms with Crippen LogP contribution in [0.15, 0.2) is 34.8 Å². The lowest BCUT2D eigenvalue weighted by Crippen LogP contribution is -2.12. The molecule has 18 heavy (non-hydrogen) atoms. The van der Waals surface area contributed by atoms with Gasteiger partial charge in [0, 0.05) is 5.39 Å². The van der Waals surface area contributed by atoms with Gasteiger partial charge in [0.15, 0.2) is 11.4 Å². The first-order valence-electron chi connectivity index (χ1n) is 6.28. The molecule has 0 saturated carbocycles. The van der Waals surface area contributed by atoms with Crippen LogP contribution < -0.4 is 5.32 Å². The molecule has 0 aliphatic heterocycles. The Balaban J connectivity index is 2.18. The quantitative estimate of drug-likeness (QED) is 0.809. The van der Waals surface area contributed by atoms with Gasteiger partial charge in [0.05, 0.1) is 0 Å². The van der Waals surface area contributed by atoms with E-state index in [4.69, 9.17) is 4.42 Å². The fraction of sp³-hybridized carbons (Fsp3) is 0.333. The van der Waals surface area contributed by atoms with Crippen LogP contribution in [-0.2, 0) is 0 Å². The predicted octanol–water partition coefficient (Wildman–Crippen LogP) is 3.97. The maximum atomic E-state index is 13.5. The normalized spacial score (nSPS) is 12.3. The molecule has 0 spiro atoms. The average Bonchev–Trinajstić information content (AvgIpc) is 2.80. The Hall–Kier alpha value is -1.61. The van der Waals surface area contributed by atoms with Crippen LogP contribution in [0, 0.1) is 5.82 Å². The van der Waals surface area contributed by atoms with Gasteiger partial charge < -0.3 is 9.73 Å². The summed E-state index contributed by atoms with van der Waals surface area (Å²) in [5.74, 6) is 0.436. The standard InChI is InChI=1S/C15H18FNO/c1-3-17-9-5-6-11(2)14-10-12-7-4-8-13(16)15(12)18-14/h4,6-8,10,17H,3,5,9H2,1-2H3/b11-6-. The van der Waals surface area contributed by atoms with Gasteiger partial charge in [-0.3, -0.25) is 0 Å². The number of benzene rings is 1. The highest BCUT2D eigenvalue weighted by Crippen LogP contribution is 2.26. The number of para-hydroxylation sites is 1. The Kier molecular flexibility index (Phi) is 4.15. The van der Waals surface area contributed by atoms with Crippen LogP contribution in [0.1, 0.15) is 26.0 Å². The maximum absolute atomic E-state index is 13.5. The van der Waals surface area contributed by atoms with E-state index in [9.17, 15) is 4.39 Å². The number of nitrogens with one attached hydrogen (secondary N) is 1. The lowest BCUT2D eigenvalue weighted by Gasteiger charge is -1.98. The molecule has 0 saturated heterocycles. The largest absolute Gasteiger partial charge is 0.453 e. The smallest absolute Gasteiger partial charge is 0.170 e. The summed E-state index contributed by atoms with van der Waals surface area (Å²) >= 11 is 0. The summed E-state index contributed by atoms with van der Waals surface area (Å²) < 4.78 is 19.0. The molecule has 0 aliphatic rings. The second-order valence-electron chi connectivity index (χ2n) is 4.30. The predicted molar refractivity (Wildman–Crippen MR) is 73.0 cm³/mol. The summed E-state index contributed by atoms with van der Waals surface area (Å²) in [5, 5.41) is 4.07. The average molecular weight is 247 g/mol. The highest BCUT2D eigenvalue weighted by atomic mass is 19.1. The SMILES string of the molecule is CCNCC/C=C(/C)c1cc2cccc(F)c2o1. The van der Waals surface area contributed by atoms with Crippen molar-refractivity contribution < 1.29 is 8.81 Å². The number of fused-ring (bicyclic) bond motifs is 1. The van der Waals surface area contributed by atoms with E-state index in [-0.39, 0.29) is 5.82 Å². The van der Waals surface area contributed by atoms with Crippen molar-refractivity contribution in [3.63, 3.8) is 0 Å². The molecule has 1 heterocycles. The molecule has 0 fully saturated rings. The van der Waals surface area contributed by atoms with Crippen molar-refractivity contribution in [2.75, 3.05) is 13.1 Å². The van der Waals surface area contributed by atoms with Gasteiger partial charge in [-0.1, -0.05) is 25.1 Å². The lowest BCUT2D eigenvalue weighted by molar-refractivity contribution is 0.551. The van der Waals surface area contributed by atoms with Gasteiger partial charge in [-0.05, 0) is 44.1 Å². The number of halogens is 1. The highest BCUT2D eigenvalue weighted by molar-refractivity contribution is 5.82. The molecule has 3 heteroatoms. The van der Waals surface area contributed by atoms with E-state index >= 15 is 0 Å². The molecule has 1 N–H and O–H groups in total. The van der Waals surface area contributed by atoms with E-state index in [1.165, 1.54) is 6.07 Å². The van der Waals surface area contributed by atoms with E-state index in [1.54, 1.807) is 6.07 Å². The summed E-state index contributed by atoms with van der Waals surface area (Å²) in [4.78, 5) is 0. The molecule has 2 aromatic rings. The van der Waals surface area contributed by atoms with Crippen LogP contribution in [0.5, 0.6) is 0 Å². The summed E-state index contributed by atoms with van der Waals surface area (Å²) in [6, 6.07) is 6.86. The van der Waals surface area contributed by atoms with Crippen LogP contribution in [0.2, 0.25) is 0 Å². The minimum Gasteiger partial charge on any atom is -0.453 e. The zero-order valence-corrected chi connectivity index (χ0v) is 10.8. The van der Waals surface area contributed by atoms with E-state index in [0.717, 1.165) is 36.2 Å². The van der Waals surface area contributed by atoms with Gasteiger partial charge in [0.25, 0.3) is 0 Å². The van der Waals surface area contributed by atoms with Gasteiger partial charge in [-0.15, -0.1) is 0 Å². The Morgan fingerprint density at radius 1 is 1.44 bits per heavy atom. The Labute approximate surface area is 106 Å². The second-order valence-corrected chi connectivity index (χ2v) is 4.30. The second kappa shape index (κ2) is 5.83. The summed E-state index contributed by atoms with van der Waals surface area (Å²) in [6.45, 7) is 5.99. The van der Waals surface area contributed by atoms with Crippen LogP contribution in [-0.4, -0.2) is 13.1 Å². The van der Waals surface area contributed by atoms with Gasteiger partial charge in [-0.2, -0.15) is 0 Å². The molecular formula is C15H18FNO. The number of furan rings is 1. The molecule has 2 rings (SSSR count). The van der Waals surface area contributed by atoms with Crippen LogP contribution in [0.3, 0.4) is 0 Å². The first-order valence-corrected chi connectivity index (χ1v) is 6.28. The van der Waals surface area contributed by atoms with Crippen LogP contribution >= 0.6 is 0 Å². The maximum Gasteiger partial charge on any atom is 0.170 e. The molecule has 96 valence electrons. The molecule has 0 atom stereocenters. The molecule has 0 aliphatic carbocycles. The molecular weight excluding hydrogens is 229 g/mol. The third-order valence-electron chi connectivity index (χ3n) is 2.91. The van der Waals surface area contributed by atoms with Crippen molar-refractivity contribution >= 4 is 16.5 Å². The fourth-order valence-electron chi connectivity index (χ4n) is 1.89. The van der Waals surface area contributed by atoms with Crippen molar-refractivity contribution in [2.24, 2.45) is 0 Å². The summed E-state index contributed by atoms with van der Waals surface area (Å²) in [5.41, 5.74) is 1.38. The molecule has 0 bridgehead atoms. The van der Waals surface area contributed by atoms with Crippen molar-refractivity contribution in [3.05, 3.63) is 41.9 Å². The molecule has 1 aromatic heterocycles. The molecule has 0 unspecified atom stereocenters. The zero-order valence-electron chi connectivity index (χ0n) is 10.8. The van der Waals surface area contributed by atoms with Crippen molar-refractivity contribution in [1.29, 1.82) is 0 Å². The Bertz CT molecular complexity index is 557. The van der Waals surface area contributed by atoms with Crippen molar-refractivity contribution in [1.82, 2.24) is 5.32 Å². The van der Waals surface area contributed by atoms with Crippen LogP contribution in [0.4, 0.5) is 4.39 Å². The molecule has 1 aromatic carbocycles. The third-order valence-corrected chi connectivity index (χ3v) is 2.91. The van der Waals surface area contributed by atoms with Gasteiger partial charge in [0.1, 0.15) is 5.76 Å². The van der Waals surface area contributed by atoms with Crippen LogP contribution in [0.25, 0.3) is 16.5 Å². The van der Waals surface area contributed by atoms with Gasteiger partial charge in [-0.25, -0.2) is 4.39 Å².